The fourth-order valence-corrected chi connectivity index (χ4v) is 2.10. The molecule has 2 aromatic heterocycles. The maximum atomic E-state index is 6.15. The molecular formula is C13H14ClN3. The number of hydrogen-bond acceptors (Lipinski definition) is 3. The third-order valence-corrected chi connectivity index (χ3v) is 2.95. The van der Waals surface area contributed by atoms with Gasteiger partial charge in [0, 0.05) is 17.0 Å². The van der Waals surface area contributed by atoms with E-state index in [0.717, 1.165) is 29.1 Å². The van der Waals surface area contributed by atoms with Crippen molar-refractivity contribution >= 4 is 11.6 Å². The Bertz CT molecular complexity index is 529. The van der Waals surface area contributed by atoms with Gasteiger partial charge in [0.15, 0.2) is 5.82 Å². The molecule has 88 valence electrons. The first-order valence-corrected chi connectivity index (χ1v) is 5.96. The number of pyridine rings is 1. The Hall–Kier alpha value is -1.48. The molecule has 2 aromatic rings. The summed E-state index contributed by atoms with van der Waals surface area (Å²) in [5, 5.41) is 0.526. The van der Waals surface area contributed by atoms with E-state index in [4.69, 9.17) is 11.6 Å². The lowest BCUT2D eigenvalue weighted by Crippen LogP contribution is -2.00. The lowest BCUT2D eigenvalue weighted by Gasteiger charge is -2.07. The topological polar surface area (TPSA) is 38.7 Å². The van der Waals surface area contributed by atoms with Gasteiger partial charge in [-0.25, -0.2) is 15.0 Å². The van der Waals surface area contributed by atoms with Crippen LogP contribution in [0.15, 0.2) is 18.2 Å². The molecule has 2 heterocycles. The zero-order valence-electron chi connectivity index (χ0n) is 10.2. The number of hydrogen-bond donors (Lipinski definition) is 0. The Morgan fingerprint density at radius 2 is 1.88 bits per heavy atom. The van der Waals surface area contributed by atoms with Gasteiger partial charge in [0.2, 0.25) is 0 Å². The van der Waals surface area contributed by atoms with Crippen LogP contribution < -0.4 is 0 Å². The molecule has 0 unspecified atom stereocenters. The Balaban J connectivity index is 2.54. The van der Waals surface area contributed by atoms with E-state index in [2.05, 4.69) is 15.0 Å². The molecule has 0 aliphatic carbocycles. The van der Waals surface area contributed by atoms with Gasteiger partial charge in [-0.15, -0.1) is 0 Å². The third kappa shape index (κ3) is 2.44. The molecule has 0 bridgehead atoms. The normalized spacial score (nSPS) is 10.6. The molecule has 0 fully saturated rings. The Morgan fingerprint density at radius 3 is 2.47 bits per heavy atom. The average molecular weight is 248 g/mol. The molecule has 17 heavy (non-hydrogen) atoms. The Labute approximate surface area is 106 Å². The standard InChI is InChI=1S/C13H14ClN3/c1-4-10-9(3)16-13(17-12(10)14)11-7-5-6-8(2)15-11/h5-7H,4H2,1-3H3. The maximum absolute atomic E-state index is 6.15. The predicted molar refractivity (Wildman–Crippen MR) is 69.1 cm³/mol. The first-order chi connectivity index (χ1) is 8.11. The highest BCUT2D eigenvalue weighted by Gasteiger charge is 2.10. The van der Waals surface area contributed by atoms with Crippen molar-refractivity contribution in [3.05, 3.63) is 40.3 Å². The third-order valence-electron chi connectivity index (χ3n) is 2.63. The van der Waals surface area contributed by atoms with Crippen LogP contribution in [-0.4, -0.2) is 15.0 Å². The van der Waals surface area contributed by atoms with Crippen LogP contribution in [0.2, 0.25) is 5.15 Å². The van der Waals surface area contributed by atoms with Gasteiger partial charge in [-0.3, -0.25) is 0 Å². The van der Waals surface area contributed by atoms with Crippen LogP contribution in [0.3, 0.4) is 0 Å². The van der Waals surface area contributed by atoms with Gasteiger partial charge >= 0.3 is 0 Å². The summed E-state index contributed by atoms with van der Waals surface area (Å²) < 4.78 is 0. The summed E-state index contributed by atoms with van der Waals surface area (Å²) in [5.41, 5.74) is 3.63. The summed E-state index contributed by atoms with van der Waals surface area (Å²) in [6, 6.07) is 5.78. The molecule has 0 saturated carbocycles. The molecule has 0 saturated heterocycles. The van der Waals surface area contributed by atoms with Crippen molar-refractivity contribution in [3.8, 4) is 11.5 Å². The molecule has 0 amide bonds. The molecule has 0 aromatic carbocycles. The van der Waals surface area contributed by atoms with E-state index in [9.17, 15) is 0 Å². The molecule has 2 rings (SSSR count). The van der Waals surface area contributed by atoms with Gasteiger partial charge in [-0.1, -0.05) is 24.6 Å². The summed E-state index contributed by atoms with van der Waals surface area (Å²) in [6.45, 7) is 5.94. The van der Waals surface area contributed by atoms with Gasteiger partial charge in [0.1, 0.15) is 10.8 Å². The van der Waals surface area contributed by atoms with Gasteiger partial charge < -0.3 is 0 Å². The molecule has 0 aliphatic rings. The largest absolute Gasteiger partial charge is 0.250 e. The molecular weight excluding hydrogens is 234 g/mol. The van der Waals surface area contributed by atoms with E-state index in [1.165, 1.54) is 0 Å². The van der Waals surface area contributed by atoms with Gasteiger partial charge in [-0.05, 0) is 32.4 Å². The summed E-state index contributed by atoms with van der Waals surface area (Å²) in [6.07, 6.45) is 0.839. The Kier molecular flexibility index (Phi) is 3.38. The van der Waals surface area contributed by atoms with E-state index >= 15 is 0 Å². The maximum Gasteiger partial charge on any atom is 0.179 e. The SMILES string of the molecule is CCc1c(C)nc(-c2cccc(C)n2)nc1Cl. The predicted octanol–water partition coefficient (Wildman–Crippen LogP) is 3.37. The highest BCUT2D eigenvalue weighted by Crippen LogP contribution is 2.21. The van der Waals surface area contributed by atoms with Gasteiger partial charge in [-0.2, -0.15) is 0 Å². The fourth-order valence-electron chi connectivity index (χ4n) is 1.74. The summed E-state index contributed by atoms with van der Waals surface area (Å²) in [4.78, 5) is 13.2. The summed E-state index contributed by atoms with van der Waals surface area (Å²) in [5.74, 6) is 0.591. The smallest absolute Gasteiger partial charge is 0.179 e. The van der Waals surface area contributed by atoms with Crippen LogP contribution in [0.5, 0.6) is 0 Å². The highest BCUT2D eigenvalue weighted by atomic mass is 35.5. The van der Waals surface area contributed by atoms with Crippen LogP contribution in [0.1, 0.15) is 23.9 Å². The van der Waals surface area contributed by atoms with Crippen molar-refractivity contribution in [2.75, 3.05) is 0 Å². The Morgan fingerprint density at radius 1 is 1.12 bits per heavy atom. The van der Waals surface area contributed by atoms with Crippen LogP contribution in [0.25, 0.3) is 11.5 Å². The van der Waals surface area contributed by atoms with Crippen molar-refractivity contribution in [3.63, 3.8) is 0 Å². The molecule has 3 nitrogen and oxygen atoms in total. The number of aromatic nitrogens is 3. The first-order valence-electron chi connectivity index (χ1n) is 5.59. The molecule has 0 atom stereocenters. The van der Waals surface area contributed by atoms with E-state index in [1.54, 1.807) is 0 Å². The van der Waals surface area contributed by atoms with Crippen molar-refractivity contribution in [1.82, 2.24) is 15.0 Å². The number of rotatable bonds is 2. The number of halogens is 1. The minimum Gasteiger partial charge on any atom is -0.250 e. The summed E-state index contributed by atoms with van der Waals surface area (Å²) >= 11 is 6.15. The second kappa shape index (κ2) is 4.80. The fraction of sp³-hybridized carbons (Fsp3) is 0.308. The molecule has 0 N–H and O–H groups in total. The number of aryl methyl sites for hydroxylation is 2. The molecule has 0 radical (unpaired) electrons. The van der Waals surface area contributed by atoms with Crippen LogP contribution >= 0.6 is 11.6 Å². The van der Waals surface area contributed by atoms with Crippen LogP contribution in [0.4, 0.5) is 0 Å². The summed E-state index contributed by atoms with van der Waals surface area (Å²) in [7, 11) is 0. The zero-order chi connectivity index (χ0) is 12.4. The molecule has 4 heteroatoms. The lowest BCUT2D eigenvalue weighted by molar-refractivity contribution is 0.992. The average Bonchev–Trinajstić information content (AvgIpc) is 2.28. The van der Waals surface area contributed by atoms with Gasteiger partial charge in [0.05, 0.1) is 0 Å². The molecule has 0 aliphatic heterocycles. The van der Waals surface area contributed by atoms with Crippen molar-refractivity contribution in [2.24, 2.45) is 0 Å². The monoisotopic (exact) mass is 247 g/mol. The van der Waals surface area contributed by atoms with E-state index < -0.39 is 0 Å². The quantitative estimate of drug-likeness (QED) is 0.764. The van der Waals surface area contributed by atoms with Crippen LogP contribution in [0, 0.1) is 13.8 Å². The van der Waals surface area contributed by atoms with Crippen molar-refractivity contribution < 1.29 is 0 Å². The lowest BCUT2D eigenvalue weighted by atomic mass is 10.2. The van der Waals surface area contributed by atoms with Gasteiger partial charge in [0.25, 0.3) is 0 Å². The second-order valence-corrected chi connectivity index (χ2v) is 4.28. The highest BCUT2D eigenvalue weighted by molar-refractivity contribution is 6.30. The van der Waals surface area contributed by atoms with E-state index in [1.807, 2.05) is 39.0 Å². The molecule has 0 spiro atoms. The second-order valence-electron chi connectivity index (χ2n) is 3.92. The van der Waals surface area contributed by atoms with Crippen molar-refractivity contribution in [1.29, 1.82) is 0 Å². The minimum atomic E-state index is 0.526. The zero-order valence-corrected chi connectivity index (χ0v) is 10.9. The minimum absolute atomic E-state index is 0.526. The van der Waals surface area contributed by atoms with E-state index in [-0.39, 0.29) is 0 Å². The van der Waals surface area contributed by atoms with E-state index in [0.29, 0.717) is 11.0 Å². The first kappa shape index (κ1) is 12.0. The number of nitrogens with zero attached hydrogens (tertiary/aromatic N) is 3. The van der Waals surface area contributed by atoms with Crippen LogP contribution in [-0.2, 0) is 6.42 Å². The van der Waals surface area contributed by atoms with Crippen molar-refractivity contribution in [2.45, 2.75) is 27.2 Å².